The molecule has 0 aromatic carbocycles. The van der Waals surface area contributed by atoms with Gasteiger partial charge in [-0.05, 0) is 62.9 Å². The Hall–Kier alpha value is -3.93. The second-order valence-electron chi connectivity index (χ2n) is 11.4. The minimum atomic E-state index is -0.616. The highest BCUT2D eigenvalue weighted by molar-refractivity contribution is 5.92. The Morgan fingerprint density at radius 3 is 2.69 bits per heavy atom. The molecule has 2 atom stereocenters. The van der Waals surface area contributed by atoms with Gasteiger partial charge in [0, 0.05) is 51.4 Å². The first-order valence-corrected chi connectivity index (χ1v) is 14.2. The summed E-state index contributed by atoms with van der Waals surface area (Å²) in [7, 11) is 3.29. The van der Waals surface area contributed by atoms with E-state index >= 15 is 4.39 Å². The number of carbonyl (C=O) groups excluding carboxylic acids is 1. The van der Waals surface area contributed by atoms with E-state index < -0.39 is 12.0 Å². The van der Waals surface area contributed by atoms with E-state index in [-0.39, 0.29) is 29.0 Å². The average molecular weight is 581 g/mol. The number of rotatable bonds is 6. The highest BCUT2D eigenvalue weighted by Gasteiger charge is 2.35. The standard InChI is InChI=1S/C23H26FN7O2.C7H12FN/c1-6-17(32)31-10-14(11-31)9-30(4)22-15-8-26-21(18(24)20(15)28-23(29-22)33-5)19-13(3)12(2)7-16(25)27-19;8-6-4-7-2-1-3-9(7)5-6/h6-8,14H,1,9-11H2,2-5H3,(H2,25,27);6-7H,1-5H2. The van der Waals surface area contributed by atoms with Gasteiger partial charge in [-0.2, -0.15) is 9.97 Å². The van der Waals surface area contributed by atoms with Crippen molar-refractivity contribution >= 4 is 28.4 Å². The molecule has 224 valence electrons. The number of ether oxygens (including phenoxy) is 1. The number of nitrogens with two attached hydrogens (primary N) is 1. The monoisotopic (exact) mass is 580 g/mol. The van der Waals surface area contributed by atoms with Crippen molar-refractivity contribution in [1.29, 1.82) is 0 Å². The Morgan fingerprint density at radius 1 is 1.24 bits per heavy atom. The maximum absolute atomic E-state index is 15.7. The molecule has 42 heavy (non-hydrogen) atoms. The fourth-order valence-electron chi connectivity index (χ4n) is 6.06. The van der Waals surface area contributed by atoms with Crippen molar-refractivity contribution in [1.82, 2.24) is 29.7 Å². The number of aromatic nitrogens is 4. The molecular formula is C30H38F2N8O2. The fraction of sp³-hybridized carbons (Fsp3) is 0.500. The summed E-state index contributed by atoms with van der Waals surface area (Å²) in [6, 6.07) is 2.39. The Labute approximate surface area is 244 Å². The van der Waals surface area contributed by atoms with Gasteiger partial charge >= 0.3 is 6.01 Å². The van der Waals surface area contributed by atoms with Crippen LogP contribution in [-0.2, 0) is 4.79 Å². The van der Waals surface area contributed by atoms with Gasteiger partial charge in [-0.25, -0.2) is 13.8 Å². The molecule has 12 heteroatoms. The van der Waals surface area contributed by atoms with Crippen molar-refractivity contribution in [2.24, 2.45) is 5.92 Å². The van der Waals surface area contributed by atoms with Gasteiger partial charge in [-0.1, -0.05) is 6.58 Å². The normalized spacial score (nSPS) is 20.1. The highest BCUT2D eigenvalue weighted by atomic mass is 19.1. The van der Waals surface area contributed by atoms with Crippen LogP contribution in [0.25, 0.3) is 22.3 Å². The van der Waals surface area contributed by atoms with E-state index in [1.807, 2.05) is 25.8 Å². The quantitative estimate of drug-likeness (QED) is 0.436. The van der Waals surface area contributed by atoms with Crippen LogP contribution in [0, 0.1) is 25.6 Å². The molecule has 2 unspecified atom stereocenters. The van der Waals surface area contributed by atoms with Crippen LogP contribution < -0.4 is 15.4 Å². The third-order valence-electron chi connectivity index (χ3n) is 8.40. The molecule has 10 nitrogen and oxygen atoms in total. The lowest BCUT2D eigenvalue weighted by Gasteiger charge is -2.40. The Bertz CT molecular complexity index is 1480. The van der Waals surface area contributed by atoms with E-state index in [0.29, 0.717) is 54.9 Å². The summed E-state index contributed by atoms with van der Waals surface area (Å²) < 4.78 is 33.6. The van der Waals surface area contributed by atoms with Crippen LogP contribution in [0.3, 0.4) is 0 Å². The number of fused-ring (bicyclic) bond motifs is 2. The number of pyridine rings is 2. The van der Waals surface area contributed by atoms with Gasteiger partial charge in [0.15, 0.2) is 5.82 Å². The van der Waals surface area contributed by atoms with Gasteiger partial charge in [0.1, 0.15) is 29.0 Å². The zero-order chi connectivity index (χ0) is 30.1. The molecule has 2 N–H and O–H groups in total. The number of anilines is 2. The van der Waals surface area contributed by atoms with Crippen LogP contribution in [-0.4, -0.2) is 94.7 Å². The van der Waals surface area contributed by atoms with Gasteiger partial charge in [-0.3, -0.25) is 14.7 Å². The van der Waals surface area contributed by atoms with Gasteiger partial charge in [0.25, 0.3) is 0 Å². The molecule has 0 radical (unpaired) electrons. The van der Waals surface area contributed by atoms with Crippen molar-refractivity contribution in [2.75, 3.05) is 57.5 Å². The van der Waals surface area contributed by atoms with Gasteiger partial charge in [0.05, 0.1) is 18.2 Å². The molecule has 3 aliphatic heterocycles. The molecule has 0 saturated carbocycles. The lowest BCUT2D eigenvalue weighted by molar-refractivity contribution is -0.131. The number of alkyl halides is 1. The van der Waals surface area contributed by atoms with Crippen LogP contribution in [0.2, 0.25) is 0 Å². The summed E-state index contributed by atoms with van der Waals surface area (Å²) in [5.41, 5.74) is 8.12. The number of nitrogen functional groups attached to an aromatic ring is 1. The average Bonchev–Trinajstić information content (AvgIpc) is 3.53. The van der Waals surface area contributed by atoms with Crippen molar-refractivity contribution in [3.63, 3.8) is 0 Å². The Kier molecular flexibility index (Phi) is 8.53. The van der Waals surface area contributed by atoms with Crippen molar-refractivity contribution in [3.8, 4) is 17.4 Å². The number of amides is 1. The summed E-state index contributed by atoms with van der Waals surface area (Å²) in [6.45, 7) is 11.0. The lowest BCUT2D eigenvalue weighted by atomic mass is 9.99. The fourth-order valence-corrected chi connectivity index (χ4v) is 6.06. The lowest BCUT2D eigenvalue weighted by Crippen LogP contribution is -2.53. The summed E-state index contributed by atoms with van der Waals surface area (Å²) >= 11 is 0. The third-order valence-corrected chi connectivity index (χ3v) is 8.40. The van der Waals surface area contributed by atoms with E-state index in [9.17, 15) is 9.18 Å². The Balaban J connectivity index is 0.000000330. The van der Waals surface area contributed by atoms with E-state index in [0.717, 1.165) is 24.1 Å². The molecule has 0 aliphatic carbocycles. The maximum atomic E-state index is 15.7. The first-order chi connectivity index (χ1) is 20.1. The molecular weight excluding hydrogens is 542 g/mol. The van der Waals surface area contributed by atoms with Crippen molar-refractivity contribution in [3.05, 3.63) is 41.9 Å². The number of hydrogen-bond acceptors (Lipinski definition) is 9. The minimum Gasteiger partial charge on any atom is -0.467 e. The van der Waals surface area contributed by atoms with E-state index in [4.69, 9.17) is 10.5 Å². The zero-order valence-electron chi connectivity index (χ0n) is 24.6. The number of methoxy groups -OCH3 is 1. The van der Waals surface area contributed by atoms with Gasteiger partial charge < -0.3 is 20.3 Å². The molecule has 3 aromatic rings. The second-order valence-corrected chi connectivity index (χ2v) is 11.4. The SMILES string of the molecule is C=CC(=O)N1CC(CN(C)c2nc(OC)nc3c(F)c(-c4nc(N)cc(C)c4C)ncc23)C1.FC1CC2CCCN2C1. The zero-order valence-corrected chi connectivity index (χ0v) is 24.6. The largest absolute Gasteiger partial charge is 0.467 e. The van der Waals surface area contributed by atoms with Crippen LogP contribution in [0.5, 0.6) is 6.01 Å². The minimum absolute atomic E-state index is 0.0471. The third kappa shape index (κ3) is 5.85. The first kappa shape index (κ1) is 29.6. The number of likely N-dealkylation sites (tertiary alicyclic amines) is 1. The Morgan fingerprint density at radius 2 is 2.00 bits per heavy atom. The number of aryl methyl sites for hydroxylation is 1. The number of halogens is 2. The van der Waals surface area contributed by atoms with Crippen LogP contribution in [0.4, 0.5) is 20.4 Å². The number of carbonyl (C=O) groups is 1. The molecule has 3 fully saturated rings. The van der Waals surface area contributed by atoms with Crippen molar-refractivity contribution < 1.29 is 18.3 Å². The first-order valence-electron chi connectivity index (χ1n) is 14.2. The summed E-state index contributed by atoms with van der Waals surface area (Å²) in [5.74, 6) is 0.350. The molecule has 1 amide bonds. The maximum Gasteiger partial charge on any atom is 0.318 e. The predicted octanol–water partition coefficient (Wildman–Crippen LogP) is 3.71. The molecule has 0 spiro atoms. The topological polar surface area (TPSA) is 114 Å². The van der Waals surface area contributed by atoms with E-state index in [1.165, 1.54) is 26.0 Å². The van der Waals surface area contributed by atoms with Crippen LogP contribution in [0.1, 0.15) is 30.4 Å². The highest BCUT2D eigenvalue weighted by Crippen LogP contribution is 2.34. The van der Waals surface area contributed by atoms with Crippen molar-refractivity contribution in [2.45, 2.75) is 45.3 Å². The summed E-state index contributed by atoms with van der Waals surface area (Å²) in [4.78, 5) is 35.0. The van der Waals surface area contributed by atoms with Gasteiger partial charge in [-0.15, -0.1) is 0 Å². The van der Waals surface area contributed by atoms with Crippen LogP contribution in [0.15, 0.2) is 24.9 Å². The molecule has 6 heterocycles. The molecule has 0 bridgehead atoms. The smallest absolute Gasteiger partial charge is 0.318 e. The second kappa shape index (κ2) is 12.1. The van der Waals surface area contributed by atoms with Crippen LogP contribution >= 0.6 is 0 Å². The molecule has 3 aromatic heterocycles. The number of nitrogens with zero attached hydrogens (tertiary/aromatic N) is 7. The van der Waals surface area contributed by atoms with E-state index in [2.05, 4.69) is 31.4 Å². The van der Waals surface area contributed by atoms with Gasteiger partial charge in [0.2, 0.25) is 5.91 Å². The summed E-state index contributed by atoms with van der Waals surface area (Å²) in [5, 5.41) is 0.455. The van der Waals surface area contributed by atoms with E-state index in [1.54, 1.807) is 17.2 Å². The number of hydrogen-bond donors (Lipinski definition) is 1. The molecule has 6 rings (SSSR count). The molecule has 3 aliphatic rings. The summed E-state index contributed by atoms with van der Waals surface area (Å²) in [6.07, 6.45) is 5.67. The predicted molar refractivity (Wildman–Crippen MR) is 159 cm³/mol. The molecule has 3 saturated heterocycles.